The van der Waals surface area contributed by atoms with Crippen LogP contribution in [0.1, 0.15) is 42.3 Å². The van der Waals surface area contributed by atoms with E-state index in [0.29, 0.717) is 5.56 Å². The van der Waals surface area contributed by atoms with Gasteiger partial charge in [0, 0.05) is 12.1 Å². The molecule has 0 spiro atoms. The third kappa shape index (κ3) is 15.5. The standard InChI is InChI=1S/C15H17NO.2C12H15FN2O2/c1-11(17)15(16-2)10-12-7-8-13-5-3-4-6-14(13)9-12;1-9(16)12(14-2)8-17-15-7-10-3-5-11(13)6-4-10;1-8(16)11(14-2)7-15-12(17)9-3-5-10(13)6-4-9/h3-9,15-16H,10H2,1-2H3;3-7,12,14H,8H2,1-2H3;3-6,11,14H,7H2,1-2H3,(H,15,17)/b;15-7+;. The lowest BCUT2D eigenvalue weighted by atomic mass is 10.00. The van der Waals surface area contributed by atoms with Gasteiger partial charge in [-0.3, -0.25) is 19.2 Å². The lowest BCUT2D eigenvalue weighted by Crippen LogP contribution is -2.43. The molecule has 3 unspecified atom stereocenters. The lowest BCUT2D eigenvalue weighted by molar-refractivity contribution is -0.120. The van der Waals surface area contributed by atoms with Gasteiger partial charge in [-0.05, 0) is 107 Å². The first-order chi connectivity index (χ1) is 24.4. The van der Waals surface area contributed by atoms with Crippen LogP contribution in [0.5, 0.6) is 0 Å². The summed E-state index contributed by atoms with van der Waals surface area (Å²) in [6.07, 6.45) is 2.21. The monoisotopic (exact) mass is 703 g/mol. The van der Waals surface area contributed by atoms with Gasteiger partial charge in [0.2, 0.25) is 0 Å². The van der Waals surface area contributed by atoms with E-state index >= 15 is 0 Å². The molecule has 4 aromatic rings. The van der Waals surface area contributed by atoms with E-state index in [1.54, 1.807) is 33.2 Å². The van der Waals surface area contributed by atoms with Crippen molar-refractivity contribution < 1.29 is 32.8 Å². The van der Waals surface area contributed by atoms with Crippen molar-refractivity contribution in [1.29, 1.82) is 0 Å². The summed E-state index contributed by atoms with van der Waals surface area (Å²) in [6, 6.07) is 24.9. The number of ketones is 3. The zero-order valence-electron chi connectivity index (χ0n) is 29.8. The first-order valence-electron chi connectivity index (χ1n) is 16.3. The minimum Gasteiger partial charge on any atom is -0.394 e. The summed E-state index contributed by atoms with van der Waals surface area (Å²) in [5.41, 5.74) is 2.29. The van der Waals surface area contributed by atoms with Crippen molar-refractivity contribution in [2.45, 2.75) is 45.3 Å². The summed E-state index contributed by atoms with van der Waals surface area (Å²) < 4.78 is 25.2. The van der Waals surface area contributed by atoms with Crippen LogP contribution in [0.4, 0.5) is 8.78 Å². The van der Waals surface area contributed by atoms with Gasteiger partial charge in [-0.15, -0.1) is 0 Å². The zero-order chi connectivity index (χ0) is 37.8. The molecule has 10 nitrogen and oxygen atoms in total. The molecule has 0 saturated carbocycles. The van der Waals surface area contributed by atoms with Crippen LogP contribution in [0.2, 0.25) is 0 Å². The average Bonchev–Trinajstić information content (AvgIpc) is 3.12. The van der Waals surface area contributed by atoms with Gasteiger partial charge < -0.3 is 26.1 Å². The van der Waals surface area contributed by atoms with Crippen molar-refractivity contribution >= 4 is 40.2 Å². The smallest absolute Gasteiger partial charge is 0.251 e. The van der Waals surface area contributed by atoms with Gasteiger partial charge in [-0.25, -0.2) is 8.78 Å². The van der Waals surface area contributed by atoms with Crippen LogP contribution in [0.15, 0.2) is 96.2 Å². The first-order valence-corrected chi connectivity index (χ1v) is 16.3. The number of amides is 1. The molecule has 4 aromatic carbocycles. The van der Waals surface area contributed by atoms with E-state index in [2.05, 4.69) is 56.8 Å². The number of carbonyl (C=O) groups is 4. The summed E-state index contributed by atoms with van der Waals surface area (Å²) in [4.78, 5) is 50.1. The molecule has 4 N–H and O–H groups in total. The molecular formula is C39H47F2N5O5. The van der Waals surface area contributed by atoms with Gasteiger partial charge in [0.1, 0.15) is 41.6 Å². The number of hydrogen-bond donors (Lipinski definition) is 4. The molecule has 3 atom stereocenters. The van der Waals surface area contributed by atoms with E-state index < -0.39 is 11.9 Å². The molecule has 4 rings (SSSR count). The fourth-order valence-corrected chi connectivity index (χ4v) is 4.57. The third-order valence-corrected chi connectivity index (χ3v) is 7.73. The number of nitrogens with zero attached hydrogens (tertiary/aromatic N) is 1. The van der Waals surface area contributed by atoms with E-state index in [-0.39, 0.29) is 54.3 Å². The average molecular weight is 704 g/mol. The van der Waals surface area contributed by atoms with Crippen LogP contribution in [-0.4, -0.2) is 81.9 Å². The predicted octanol–water partition coefficient (Wildman–Crippen LogP) is 4.65. The number of fused-ring (bicyclic) bond motifs is 1. The normalized spacial score (nSPS) is 12.4. The number of likely N-dealkylation sites (N-methyl/N-ethyl adjacent to an activating group) is 3. The Hall–Kier alpha value is -5.17. The summed E-state index contributed by atoms with van der Waals surface area (Å²) in [7, 11) is 5.16. The quantitative estimate of drug-likeness (QED) is 0.104. The van der Waals surface area contributed by atoms with Crippen molar-refractivity contribution in [3.05, 3.63) is 119 Å². The van der Waals surface area contributed by atoms with Crippen molar-refractivity contribution in [1.82, 2.24) is 21.3 Å². The minimum absolute atomic E-state index is 0.00974. The van der Waals surface area contributed by atoms with Crippen LogP contribution >= 0.6 is 0 Å². The fraction of sp³-hybridized carbons (Fsp3) is 0.308. The molecule has 0 bridgehead atoms. The molecule has 51 heavy (non-hydrogen) atoms. The maximum Gasteiger partial charge on any atom is 0.251 e. The highest BCUT2D eigenvalue weighted by atomic mass is 19.1. The van der Waals surface area contributed by atoms with Gasteiger partial charge in [0.05, 0.1) is 18.3 Å². The molecule has 0 radical (unpaired) electrons. The molecule has 0 saturated heterocycles. The molecule has 0 aliphatic rings. The van der Waals surface area contributed by atoms with Gasteiger partial charge >= 0.3 is 0 Å². The number of nitrogens with one attached hydrogen (secondary N) is 4. The van der Waals surface area contributed by atoms with E-state index in [1.807, 2.05) is 19.2 Å². The molecule has 272 valence electrons. The molecule has 0 aromatic heterocycles. The topological polar surface area (TPSA) is 138 Å². The van der Waals surface area contributed by atoms with Crippen LogP contribution in [0, 0.1) is 11.6 Å². The molecule has 1 amide bonds. The Morgan fingerprint density at radius 1 is 0.686 bits per heavy atom. The van der Waals surface area contributed by atoms with Crippen molar-refractivity contribution in [3.8, 4) is 0 Å². The van der Waals surface area contributed by atoms with Crippen molar-refractivity contribution in [2.75, 3.05) is 34.3 Å². The SMILES string of the molecule is CNC(CNC(=O)c1ccc(F)cc1)C(C)=O.CNC(CO/N=C/c1ccc(F)cc1)C(C)=O.CNC(Cc1ccc2ccccc2c1)C(C)=O. The number of benzene rings is 4. The van der Waals surface area contributed by atoms with Crippen LogP contribution in [-0.2, 0) is 25.6 Å². The van der Waals surface area contributed by atoms with E-state index in [9.17, 15) is 28.0 Å². The third-order valence-electron chi connectivity index (χ3n) is 7.73. The fourth-order valence-electron chi connectivity index (χ4n) is 4.57. The largest absolute Gasteiger partial charge is 0.394 e. The van der Waals surface area contributed by atoms with Gasteiger partial charge in [-0.1, -0.05) is 59.8 Å². The molecule has 12 heteroatoms. The number of carbonyl (C=O) groups excluding carboxylic acids is 4. The summed E-state index contributed by atoms with van der Waals surface area (Å²) in [5.74, 6) is -0.892. The Morgan fingerprint density at radius 3 is 1.75 bits per heavy atom. The van der Waals surface area contributed by atoms with Gasteiger partial charge in [-0.2, -0.15) is 0 Å². The molecule has 0 aliphatic carbocycles. The number of Topliss-reactive ketones (excluding diaryl/α,β-unsaturated/α-hetero) is 3. The van der Waals surface area contributed by atoms with Crippen LogP contribution in [0.3, 0.4) is 0 Å². The maximum absolute atomic E-state index is 12.6. The van der Waals surface area contributed by atoms with Crippen LogP contribution < -0.4 is 21.3 Å². The minimum atomic E-state index is -0.403. The highest BCUT2D eigenvalue weighted by Crippen LogP contribution is 2.16. The van der Waals surface area contributed by atoms with Gasteiger partial charge in [0.25, 0.3) is 5.91 Å². The summed E-state index contributed by atoms with van der Waals surface area (Å²) in [6.45, 7) is 4.94. The Labute approximate surface area is 298 Å². The molecular weight excluding hydrogens is 656 g/mol. The second-order valence-electron chi connectivity index (χ2n) is 11.5. The molecule has 0 heterocycles. The number of oxime groups is 1. The van der Waals surface area contributed by atoms with E-state index in [0.717, 1.165) is 12.0 Å². The summed E-state index contributed by atoms with van der Waals surface area (Å²) >= 11 is 0. The number of rotatable bonds is 15. The van der Waals surface area contributed by atoms with Gasteiger partial charge in [0.15, 0.2) is 0 Å². The number of halogens is 2. The Bertz CT molecular complexity index is 1730. The Kier molecular flexibility index (Phi) is 18.6. The van der Waals surface area contributed by atoms with E-state index in [1.165, 1.54) is 72.8 Å². The highest BCUT2D eigenvalue weighted by molar-refractivity contribution is 5.94. The summed E-state index contributed by atoms with van der Waals surface area (Å²) in [5, 5.41) is 17.4. The van der Waals surface area contributed by atoms with Crippen LogP contribution in [0.25, 0.3) is 10.8 Å². The second-order valence-corrected chi connectivity index (χ2v) is 11.5. The van der Waals surface area contributed by atoms with Crippen molar-refractivity contribution in [3.63, 3.8) is 0 Å². The van der Waals surface area contributed by atoms with E-state index in [4.69, 9.17) is 4.84 Å². The predicted molar refractivity (Wildman–Crippen MR) is 197 cm³/mol. The number of hydrogen-bond acceptors (Lipinski definition) is 9. The molecule has 0 fully saturated rings. The highest BCUT2D eigenvalue weighted by Gasteiger charge is 2.14. The Balaban J connectivity index is 0.000000265. The maximum atomic E-state index is 12.6. The Morgan fingerprint density at radius 2 is 1.22 bits per heavy atom. The lowest BCUT2D eigenvalue weighted by Gasteiger charge is -2.13. The second kappa shape index (κ2) is 22.5. The van der Waals surface area contributed by atoms with Crippen molar-refractivity contribution in [2.24, 2.45) is 5.16 Å². The zero-order valence-corrected chi connectivity index (χ0v) is 29.8. The first kappa shape index (κ1) is 42.0. The molecule has 0 aliphatic heterocycles.